The van der Waals surface area contributed by atoms with Crippen LogP contribution in [0.4, 0.5) is 0 Å². The predicted octanol–water partition coefficient (Wildman–Crippen LogP) is 4.82. The van der Waals surface area contributed by atoms with Gasteiger partial charge in [0.25, 0.3) is 0 Å². The fourth-order valence-corrected chi connectivity index (χ4v) is 4.49. The monoisotopic (exact) mass is 371 g/mol. The van der Waals surface area contributed by atoms with Gasteiger partial charge in [-0.15, -0.1) is 11.3 Å². The van der Waals surface area contributed by atoms with E-state index in [1.807, 2.05) is 54.8 Å². The van der Waals surface area contributed by atoms with Crippen molar-refractivity contribution in [1.82, 2.24) is 5.32 Å². The van der Waals surface area contributed by atoms with E-state index in [9.17, 15) is 9.90 Å². The Morgan fingerprint density at radius 2 is 1.96 bits per heavy atom. The largest absolute Gasteiger partial charge is 0.386 e. The molecule has 0 fully saturated rings. The van der Waals surface area contributed by atoms with Crippen LogP contribution in [0.15, 0.2) is 59.3 Å². The Labute approximate surface area is 156 Å². The van der Waals surface area contributed by atoms with Crippen molar-refractivity contribution in [2.45, 2.75) is 25.4 Å². The first-order chi connectivity index (χ1) is 12.2. The fraction of sp³-hybridized carbons (Fsp3) is 0.250. The van der Waals surface area contributed by atoms with Crippen molar-refractivity contribution in [2.24, 2.45) is 0 Å². The second kappa shape index (κ2) is 8.43. The number of carbonyl (C=O) groups excluding carboxylic acids is 1. The minimum absolute atomic E-state index is 0.0395. The van der Waals surface area contributed by atoms with Crippen LogP contribution in [0.25, 0.3) is 10.4 Å². The average Bonchev–Trinajstić information content (AvgIpc) is 3.32. The zero-order chi connectivity index (χ0) is 17.6. The molecule has 2 N–H and O–H groups in total. The number of hydrogen-bond acceptors (Lipinski definition) is 4. The molecule has 1 aromatic carbocycles. The summed E-state index contributed by atoms with van der Waals surface area (Å²) >= 11 is 3.22. The Morgan fingerprint density at radius 1 is 1.16 bits per heavy atom. The maximum atomic E-state index is 12.5. The van der Waals surface area contributed by atoms with Crippen molar-refractivity contribution < 1.29 is 9.90 Å². The Balaban J connectivity index is 1.60. The predicted molar refractivity (Wildman–Crippen MR) is 105 cm³/mol. The van der Waals surface area contributed by atoms with Crippen LogP contribution < -0.4 is 5.32 Å². The smallest absolute Gasteiger partial charge is 0.227 e. The normalized spacial score (nSPS) is 13.4. The van der Waals surface area contributed by atoms with Crippen molar-refractivity contribution in [3.05, 3.63) is 69.7 Å². The van der Waals surface area contributed by atoms with Gasteiger partial charge in [-0.3, -0.25) is 4.79 Å². The minimum Gasteiger partial charge on any atom is -0.386 e. The molecule has 0 aliphatic heterocycles. The quantitative estimate of drug-likeness (QED) is 0.625. The van der Waals surface area contributed by atoms with Crippen LogP contribution in [-0.4, -0.2) is 17.6 Å². The lowest BCUT2D eigenvalue weighted by Crippen LogP contribution is -2.32. The molecule has 3 rings (SSSR count). The molecular weight excluding hydrogens is 350 g/mol. The van der Waals surface area contributed by atoms with Gasteiger partial charge in [0.15, 0.2) is 0 Å². The summed E-state index contributed by atoms with van der Waals surface area (Å²) in [5.41, 5.74) is 2.18. The molecule has 3 nitrogen and oxygen atoms in total. The zero-order valence-electron chi connectivity index (χ0n) is 14.0. The highest BCUT2D eigenvalue weighted by molar-refractivity contribution is 7.16. The van der Waals surface area contributed by atoms with Gasteiger partial charge in [0, 0.05) is 21.9 Å². The lowest BCUT2D eigenvalue weighted by atomic mass is 9.95. The van der Waals surface area contributed by atoms with Crippen LogP contribution in [0.3, 0.4) is 0 Å². The van der Waals surface area contributed by atoms with E-state index in [-0.39, 0.29) is 18.4 Å². The van der Waals surface area contributed by atoms with E-state index < -0.39 is 6.10 Å². The summed E-state index contributed by atoms with van der Waals surface area (Å²) in [7, 11) is 0. The summed E-state index contributed by atoms with van der Waals surface area (Å²) in [6.45, 7) is 2.23. The van der Waals surface area contributed by atoms with Crippen molar-refractivity contribution in [2.75, 3.05) is 6.54 Å². The van der Waals surface area contributed by atoms with Gasteiger partial charge < -0.3 is 10.4 Å². The van der Waals surface area contributed by atoms with E-state index in [2.05, 4.69) is 16.8 Å². The maximum Gasteiger partial charge on any atom is 0.227 e. The van der Waals surface area contributed by atoms with E-state index in [1.54, 1.807) is 22.7 Å². The van der Waals surface area contributed by atoms with Crippen molar-refractivity contribution in [1.29, 1.82) is 0 Å². The minimum atomic E-state index is -0.686. The molecule has 2 aromatic heterocycles. The summed E-state index contributed by atoms with van der Waals surface area (Å²) < 4.78 is 0. The number of aliphatic hydroxyl groups excluding tert-OH is 1. The number of rotatable bonds is 7. The third-order valence-corrected chi connectivity index (χ3v) is 6.08. The molecule has 25 heavy (non-hydrogen) atoms. The molecule has 0 saturated carbocycles. The van der Waals surface area contributed by atoms with Gasteiger partial charge in [-0.05, 0) is 40.9 Å². The molecule has 3 aromatic rings. The van der Waals surface area contributed by atoms with Gasteiger partial charge >= 0.3 is 0 Å². The lowest BCUT2D eigenvalue weighted by molar-refractivity contribution is -0.123. The highest BCUT2D eigenvalue weighted by atomic mass is 32.1. The fourth-order valence-electron chi connectivity index (χ4n) is 2.77. The first-order valence-corrected chi connectivity index (χ1v) is 10.1. The number of aliphatic hydroxyl groups is 1. The molecular formula is C20H21NO2S2. The van der Waals surface area contributed by atoms with E-state index in [0.717, 1.165) is 21.7 Å². The van der Waals surface area contributed by atoms with Crippen LogP contribution in [0.1, 0.15) is 35.8 Å². The number of amides is 1. The van der Waals surface area contributed by atoms with Crippen LogP contribution >= 0.6 is 22.7 Å². The molecule has 0 saturated heterocycles. The van der Waals surface area contributed by atoms with Crippen LogP contribution in [0.2, 0.25) is 0 Å². The molecule has 0 bridgehead atoms. The number of nitrogens with one attached hydrogen (secondary N) is 1. The van der Waals surface area contributed by atoms with Gasteiger partial charge in [-0.2, -0.15) is 11.3 Å². The number of carbonyl (C=O) groups is 1. The molecule has 2 atom stereocenters. The van der Waals surface area contributed by atoms with Crippen molar-refractivity contribution in [3.63, 3.8) is 0 Å². The van der Waals surface area contributed by atoms with Crippen LogP contribution in [0, 0.1) is 0 Å². The molecule has 5 heteroatoms. The molecule has 2 unspecified atom stereocenters. The summed E-state index contributed by atoms with van der Waals surface area (Å²) in [4.78, 5) is 14.5. The summed E-state index contributed by atoms with van der Waals surface area (Å²) in [5, 5.41) is 17.4. The SMILES string of the molecule is CCC(C(=O)NCC(O)c1ccc(-c2ccsc2)s1)c1ccccc1. The van der Waals surface area contributed by atoms with Crippen molar-refractivity contribution in [3.8, 4) is 10.4 Å². The average molecular weight is 372 g/mol. The number of thiophene rings is 2. The van der Waals surface area contributed by atoms with Gasteiger partial charge in [-0.25, -0.2) is 0 Å². The van der Waals surface area contributed by atoms with E-state index >= 15 is 0 Å². The third kappa shape index (κ3) is 4.37. The molecule has 0 aliphatic rings. The first kappa shape index (κ1) is 17.9. The summed E-state index contributed by atoms with van der Waals surface area (Å²) in [6.07, 6.45) is 0.0439. The van der Waals surface area contributed by atoms with E-state index in [4.69, 9.17) is 0 Å². The van der Waals surface area contributed by atoms with Gasteiger partial charge in [-0.1, -0.05) is 37.3 Å². The van der Waals surface area contributed by atoms with Crippen LogP contribution in [0.5, 0.6) is 0 Å². The zero-order valence-corrected chi connectivity index (χ0v) is 15.6. The summed E-state index contributed by atoms with van der Waals surface area (Å²) in [6, 6.07) is 15.8. The second-order valence-corrected chi connectivity index (χ2v) is 7.74. The van der Waals surface area contributed by atoms with E-state index in [1.165, 1.54) is 5.56 Å². The Kier molecular flexibility index (Phi) is 6.02. The summed E-state index contributed by atoms with van der Waals surface area (Å²) in [5.74, 6) is -0.222. The maximum absolute atomic E-state index is 12.5. The van der Waals surface area contributed by atoms with Gasteiger partial charge in [0.1, 0.15) is 6.10 Å². The molecule has 2 heterocycles. The Morgan fingerprint density at radius 3 is 2.64 bits per heavy atom. The Hall–Kier alpha value is -1.95. The third-order valence-electron chi connectivity index (χ3n) is 4.16. The standard InChI is InChI=1S/C20H21NO2S2/c1-2-16(14-6-4-3-5-7-14)20(23)21-12-17(22)19-9-8-18(25-19)15-10-11-24-13-15/h3-11,13,16-17,22H,2,12H2,1H3,(H,21,23). The molecule has 0 spiro atoms. The van der Waals surface area contributed by atoms with E-state index in [0.29, 0.717) is 0 Å². The first-order valence-electron chi connectivity index (χ1n) is 8.32. The Bertz CT molecular complexity index is 796. The molecule has 0 radical (unpaired) electrons. The molecule has 130 valence electrons. The van der Waals surface area contributed by atoms with Crippen molar-refractivity contribution >= 4 is 28.6 Å². The van der Waals surface area contributed by atoms with Gasteiger partial charge in [0.05, 0.1) is 5.92 Å². The van der Waals surface area contributed by atoms with Gasteiger partial charge in [0.2, 0.25) is 5.91 Å². The highest BCUT2D eigenvalue weighted by Crippen LogP contribution is 2.32. The molecule has 1 amide bonds. The highest BCUT2D eigenvalue weighted by Gasteiger charge is 2.20. The second-order valence-electron chi connectivity index (χ2n) is 5.85. The van der Waals surface area contributed by atoms with Crippen LogP contribution in [-0.2, 0) is 4.79 Å². The molecule has 0 aliphatic carbocycles. The number of benzene rings is 1. The topological polar surface area (TPSA) is 49.3 Å². The lowest BCUT2D eigenvalue weighted by Gasteiger charge is -2.17. The number of hydrogen-bond donors (Lipinski definition) is 2.